The van der Waals surface area contributed by atoms with E-state index in [-0.39, 0.29) is 22.8 Å². The number of hydrazine groups is 1. The molecule has 2 amide bonds. The summed E-state index contributed by atoms with van der Waals surface area (Å²) in [7, 11) is -2.56. The molecule has 176 valence electrons. The number of ether oxygens (including phenoxy) is 2. The largest absolute Gasteiger partial charge is 0.495 e. The minimum Gasteiger partial charge on any atom is -0.495 e. The summed E-state index contributed by atoms with van der Waals surface area (Å²) in [5.74, 6) is -0.413. The molecule has 0 radical (unpaired) electrons. The van der Waals surface area contributed by atoms with Crippen LogP contribution in [0.3, 0.4) is 0 Å². The van der Waals surface area contributed by atoms with Gasteiger partial charge in [-0.2, -0.15) is 0 Å². The van der Waals surface area contributed by atoms with Gasteiger partial charge in [-0.05, 0) is 48.4 Å². The molecule has 1 aliphatic heterocycles. The first-order valence-electron chi connectivity index (χ1n) is 10.4. The van der Waals surface area contributed by atoms with Crippen LogP contribution in [0.1, 0.15) is 15.9 Å². The van der Waals surface area contributed by atoms with E-state index in [4.69, 9.17) is 9.47 Å². The molecule has 0 saturated heterocycles. The average molecular weight is 482 g/mol. The zero-order valence-corrected chi connectivity index (χ0v) is 19.1. The van der Waals surface area contributed by atoms with E-state index in [2.05, 4.69) is 15.6 Å². The molecule has 1 unspecified atom stereocenters. The van der Waals surface area contributed by atoms with Crippen molar-refractivity contribution in [2.24, 2.45) is 5.92 Å². The number of amides is 2. The third kappa shape index (κ3) is 5.12. The highest BCUT2D eigenvalue weighted by molar-refractivity contribution is 7.92. The van der Waals surface area contributed by atoms with Crippen LogP contribution in [0.5, 0.6) is 11.5 Å². The monoisotopic (exact) mass is 481 g/mol. The predicted molar refractivity (Wildman–Crippen MR) is 125 cm³/mol. The van der Waals surface area contributed by atoms with E-state index in [1.807, 2.05) is 24.3 Å². The van der Waals surface area contributed by atoms with Crippen LogP contribution in [-0.4, -0.2) is 33.9 Å². The van der Waals surface area contributed by atoms with E-state index in [0.717, 1.165) is 11.3 Å². The summed E-state index contributed by atoms with van der Waals surface area (Å²) < 4.78 is 38.9. The number of carbonyl (C=O) groups excluding carboxylic acids is 2. The van der Waals surface area contributed by atoms with Gasteiger partial charge < -0.3 is 9.47 Å². The molecule has 3 aromatic rings. The Hall–Kier alpha value is -4.05. The van der Waals surface area contributed by atoms with Gasteiger partial charge in [0.05, 0.1) is 23.6 Å². The SMILES string of the molecule is COc1ccccc1NS(=O)(=O)c1cccc(C(=O)NNC(=O)C2COc3ccccc3C2)c1. The van der Waals surface area contributed by atoms with Crippen LogP contribution in [0.15, 0.2) is 77.7 Å². The second-order valence-corrected chi connectivity index (χ2v) is 9.28. The van der Waals surface area contributed by atoms with Gasteiger partial charge >= 0.3 is 0 Å². The van der Waals surface area contributed by atoms with Crippen molar-refractivity contribution in [3.05, 3.63) is 83.9 Å². The number of rotatable bonds is 6. The van der Waals surface area contributed by atoms with E-state index in [9.17, 15) is 18.0 Å². The quantitative estimate of drug-likeness (QED) is 0.465. The summed E-state index contributed by atoms with van der Waals surface area (Å²) >= 11 is 0. The average Bonchev–Trinajstić information content (AvgIpc) is 2.87. The molecule has 10 heteroatoms. The number of methoxy groups -OCH3 is 1. The third-order valence-electron chi connectivity index (χ3n) is 5.31. The van der Waals surface area contributed by atoms with Crippen LogP contribution in [-0.2, 0) is 21.2 Å². The van der Waals surface area contributed by atoms with Crippen LogP contribution in [0.25, 0.3) is 0 Å². The highest BCUT2D eigenvalue weighted by atomic mass is 32.2. The molecule has 4 rings (SSSR count). The van der Waals surface area contributed by atoms with Crippen molar-refractivity contribution < 1.29 is 27.5 Å². The van der Waals surface area contributed by atoms with Crippen molar-refractivity contribution in [3.8, 4) is 11.5 Å². The summed E-state index contributed by atoms with van der Waals surface area (Å²) in [5.41, 5.74) is 5.98. The maximum atomic E-state index is 12.8. The van der Waals surface area contributed by atoms with Crippen LogP contribution in [0.4, 0.5) is 5.69 Å². The topological polar surface area (TPSA) is 123 Å². The van der Waals surface area contributed by atoms with Crippen LogP contribution in [0, 0.1) is 5.92 Å². The smallest absolute Gasteiger partial charge is 0.269 e. The Bertz CT molecular complexity index is 1330. The van der Waals surface area contributed by atoms with Crippen molar-refractivity contribution in [1.29, 1.82) is 0 Å². The molecule has 1 atom stereocenters. The Morgan fingerprint density at radius 2 is 1.74 bits per heavy atom. The van der Waals surface area contributed by atoms with Crippen LogP contribution in [0.2, 0.25) is 0 Å². The summed E-state index contributed by atoms with van der Waals surface area (Å²) in [6.07, 6.45) is 0.486. The Labute approximate surface area is 197 Å². The lowest BCUT2D eigenvalue weighted by Gasteiger charge is -2.24. The number of fused-ring (bicyclic) bond motifs is 1. The maximum Gasteiger partial charge on any atom is 0.269 e. The Morgan fingerprint density at radius 1 is 0.971 bits per heavy atom. The molecule has 0 fully saturated rings. The Kier molecular flexibility index (Phi) is 6.69. The summed E-state index contributed by atoms with van der Waals surface area (Å²) in [6, 6.07) is 19.5. The second-order valence-electron chi connectivity index (χ2n) is 7.60. The van der Waals surface area contributed by atoms with Crippen molar-refractivity contribution in [2.45, 2.75) is 11.3 Å². The van der Waals surface area contributed by atoms with E-state index in [0.29, 0.717) is 12.2 Å². The molecule has 34 heavy (non-hydrogen) atoms. The molecule has 0 aliphatic carbocycles. The number of benzene rings is 3. The molecule has 0 aromatic heterocycles. The molecule has 3 aromatic carbocycles. The number of para-hydroxylation sites is 3. The predicted octanol–water partition coefficient (Wildman–Crippen LogP) is 2.51. The molecule has 3 N–H and O–H groups in total. The fourth-order valence-corrected chi connectivity index (χ4v) is 4.64. The molecule has 0 saturated carbocycles. The minimum atomic E-state index is -3.99. The van der Waals surface area contributed by atoms with Gasteiger partial charge in [0.15, 0.2) is 0 Å². The van der Waals surface area contributed by atoms with Gasteiger partial charge in [0.25, 0.3) is 15.9 Å². The van der Waals surface area contributed by atoms with E-state index in [1.54, 1.807) is 24.3 Å². The van der Waals surface area contributed by atoms with E-state index >= 15 is 0 Å². The van der Waals surface area contributed by atoms with Gasteiger partial charge in [-0.25, -0.2) is 8.42 Å². The van der Waals surface area contributed by atoms with E-state index < -0.39 is 27.8 Å². The maximum absolute atomic E-state index is 12.8. The molecular formula is C24H23N3O6S. The molecule has 9 nitrogen and oxygen atoms in total. The van der Waals surface area contributed by atoms with Gasteiger partial charge in [0, 0.05) is 5.56 Å². The van der Waals surface area contributed by atoms with Gasteiger partial charge in [-0.1, -0.05) is 36.4 Å². The highest BCUT2D eigenvalue weighted by Crippen LogP contribution is 2.27. The lowest BCUT2D eigenvalue weighted by atomic mass is 9.96. The van der Waals surface area contributed by atoms with Gasteiger partial charge in [0.2, 0.25) is 5.91 Å². The molecule has 0 spiro atoms. The summed E-state index contributed by atoms with van der Waals surface area (Å²) in [4.78, 5) is 25.0. The zero-order chi connectivity index (χ0) is 24.1. The first-order valence-corrected chi connectivity index (χ1v) is 11.9. The van der Waals surface area contributed by atoms with Crippen molar-refractivity contribution in [2.75, 3.05) is 18.4 Å². The molecule has 1 aliphatic rings. The third-order valence-corrected chi connectivity index (χ3v) is 6.67. The standard InChI is InChI=1S/C24H23N3O6S/c1-32-22-12-5-3-10-20(22)27-34(30,31)19-9-6-8-17(14-19)23(28)25-26-24(29)18-13-16-7-2-4-11-21(16)33-15-18/h2-12,14,18,27H,13,15H2,1H3,(H,25,28)(H,26,29). The lowest BCUT2D eigenvalue weighted by molar-refractivity contribution is -0.127. The number of carbonyl (C=O) groups is 2. The van der Waals surface area contributed by atoms with Crippen molar-refractivity contribution in [1.82, 2.24) is 10.9 Å². The minimum absolute atomic E-state index is 0.0634. The second kappa shape index (κ2) is 9.84. The van der Waals surface area contributed by atoms with Crippen molar-refractivity contribution in [3.63, 3.8) is 0 Å². The number of hydrogen-bond acceptors (Lipinski definition) is 6. The molecule has 1 heterocycles. The van der Waals surface area contributed by atoms with Gasteiger partial charge in [-0.15, -0.1) is 0 Å². The highest BCUT2D eigenvalue weighted by Gasteiger charge is 2.26. The lowest BCUT2D eigenvalue weighted by Crippen LogP contribution is -2.47. The summed E-state index contributed by atoms with van der Waals surface area (Å²) in [5, 5.41) is 0. The summed E-state index contributed by atoms with van der Waals surface area (Å²) in [6.45, 7) is 0.195. The molecule has 0 bridgehead atoms. The van der Waals surface area contributed by atoms with Crippen molar-refractivity contribution >= 4 is 27.5 Å². The van der Waals surface area contributed by atoms with Gasteiger partial charge in [-0.3, -0.25) is 25.2 Å². The van der Waals surface area contributed by atoms with Crippen LogP contribution < -0.4 is 25.0 Å². The first-order chi connectivity index (χ1) is 16.4. The Balaban J connectivity index is 1.40. The number of sulfonamides is 1. The first kappa shape index (κ1) is 23.1. The zero-order valence-electron chi connectivity index (χ0n) is 18.3. The van der Waals surface area contributed by atoms with E-state index in [1.165, 1.54) is 31.4 Å². The molecular weight excluding hydrogens is 458 g/mol. The Morgan fingerprint density at radius 3 is 2.56 bits per heavy atom. The number of anilines is 1. The van der Waals surface area contributed by atoms with Gasteiger partial charge in [0.1, 0.15) is 18.1 Å². The fraction of sp³-hybridized carbons (Fsp3) is 0.167. The fourth-order valence-electron chi connectivity index (χ4n) is 3.53. The number of hydrogen-bond donors (Lipinski definition) is 3. The number of nitrogens with one attached hydrogen (secondary N) is 3. The normalized spacial score (nSPS) is 14.8. The van der Waals surface area contributed by atoms with Crippen LogP contribution >= 0.6 is 0 Å².